The maximum atomic E-state index is 12.9. The van der Waals surface area contributed by atoms with E-state index in [0.717, 1.165) is 30.9 Å². The second kappa shape index (κ2) is 14.6. The van der Waals surface area contributed by atoms with Crippen molar-refractivity contribution in [1.29, 1.82) is 0 Å². The first-order valence-corrected chi connectivity index (χ1v) is 10.2. The fraction of sp³-hybridized carbons (Fsp3) is 0.391. The molecule has 0 heterocycles. The molecule has 1 amide bonds. The summed E-state index contributed by atoms with van der Waals surface area (Å²) >= 11 is 0. The Morgan fingerprint density at radius 1 is 1.13 bits per heavy atom. The maximum Gasteiger partial charge on any atom is 0.253 e. The van der Waals surface area contributed by atoms with Crippen molar-refractivity contribution in [3.8, 4) is 5.75 Å². The molecule has 31 heavy (non-hydrogen) atoms. The van der Waals surface area contributed by atoms with E-state index in [1.165, 1.54) is 12.1 Å². The summed E-state index contributed by atoms with van der Waals surface area (Å²) in [6.45, 7) is 4.62. The smallest absolute Gasteiger partial charge is 0.253 e. The Morgan fingerprint density at radius 2 is 1.87 bits per heavy atom. The molecule has 2 aromatic carbocycles. The van der Waals surface area contributed by atoms with Gasteiger partial charge in [-0.25, -0.2) is 4.39 Å². The molecule has 2 N–H and O–H groups in total. The lowest BCUT2D eigenvalue weighted by Gasteiger charge is -2.13. The summed E-state index contributed by atoms with van der Waals surface area (Å²) in [5.41, 5.74) is 1.79. The number of nitrogens with zero attached hydrogens (tertiary/aromatic N) is 2. The minimum atomic E-state index is -0.274. The average Bonchev–Trinajstić information content (AvgIpc) is 2.74. The minimum absolute atomic E-state index is 0. The molecule has 0 spiro atoms. The number of carbonyl (C=O) groups excluding carboxylic acids is 1. The van der Waals surface area contributed by atoms with Crippen molar-refractivity contribution in [1.82, 2.24) is 15.5 Å². The standard InChI is InChI=1S/C23H31FN4O2.HI/c1-4-25-23(26-14-6-16-30-21-11-9-20(24)10-12-21)27-15-13-18-7-5-8-19(17-18)22(29)28(2)3;/h5,7-12,17H,4,6,13-16H2,1-3H3,(H2,25,26,27);1H. The predicted molar refractivity (Wildman–Crippen MR) is 134 cm³/mol. The SMILES string of the molecule is CCNC(=NCCCOc1ccc(F)cc1)NCCc1cccc(C(=O)N(C)C)c1.I. The Balaban J connectivity index is 0.00000480. The van der Waals surface area contributed by atoms with Crippen molar-refractivity contribution < 1.29 is 13.9 Å². The molecule has 8 heteroatoms. The van der Waals surface area contributed by atoms with Crippen LogP contribution >= 0.6 is 24.0 Å². The number of carbonyl (C=O) groups is 1. The molecule has 2 aromatic rings. The van der Waals surface area contributed by atoms with Crippen LogP contribution in [-0.2, 0) is 6.42 Å². The third kappa shape index (κ3) is 9.99. The number of aliphatic imine (C=N–C) groups is 1. The van der Waals surface area contributed by atoms with Crippen molar-refractivity contribution in [2.75, 3.05) is 40.3 Å². The molecule has 0 unspecified atom stereocenters. The van der Waals surface area contributed by atoms with Gasteiger partial charge in [0.25, 0.3) is 5.91 Å². The lowest BCUT2D eigenvalue weighted by molar-refractivity contribution is 0.0827. The third-order valence-electron chi connectivity index (χ3n) is 4.29. The molecule has 0 aliphatic carbocycles. The largest absolute Gasteiger partial charge is 0.494 e. The summed E-state index contributed by atoms with van der Waals surface area (Å²) in [7, 11) is 3.50. The van der Waals surface area contributed by atoms with Gasteiger partial charge in [0, 0.05) is 45.7 Å². The molecule has 6 nitrogen and oxygen atoms in total. The minimum Gasteiger partial charge on any atom is -0.494 e. The van der Waals surface area contributed by atoms with Gasteiger partial charge in [0.2, 0.25) is 0 Å². The number of rotatable bonds is 10. The number of hydrogen-bond acceptors (Lipinski definition) is 3. The van der Waals surface area contributed by atoms with E-state index in [1.807, 2.05) is 31.2 Å². The summed E-state index contributed by atoms with van der Waals surface area (Å²) in [5, 5.41) is 6.54. The van der Waals surface area contributed by atoms with E-state index < -0.39 is 0 Å². The second-order valence-corrected chi connectivity index (χ2v) is 6.99. The predicted octanol–water partition coefficient (Wildman–Crippen LogP) is 3.71. The van der Waals surface area contributed by atoms with Crippen molar-refractivity contribution in [2.24, 2.45) is 4.99 Å². The number of nitrogens with one attached hydrogen (secondary N) is 2. The number of ether oxygens (including phenoxy) is 1. The highest BCUT2D eigenvalue weighted by atomic mass is 127. The van der Waals surface area contributed by atoms with E-state index in [-0.39, 0.29) is 35.7 Å². The van der Waals surface area contributed by atoms with Crippen LogP contribution in [0.3, 0.4) is 0 Å². The number of guanidine groups is 1. The van der Waals surface area contributed by atoms with E-state index in [0.29, 0.717) is 31.0 Å². The molecule has 0 fully saturated rings. The summed E-state index contributed by atoms with van der Waals surface area (Å²) in [6.07, 6.45) is 1.54. The molecular weight excluding hydrogens is 510 g/mol. The topological polar surface area (TPSA) is 66.0 Å². The molecule has 2 rings (SSSR count). The van der Waals surface area contributed by atoms with Crippen LogP contribution in [0.2, 0.25) is 0 Å². The van der Waals surface area contributed by atoms with Crippen LogP contribution in [0, 0.1) is 5.82 Å². The maximum absolute atomic E-state index is 12.9. The molecular formula is C23H32FIN4O2. The van der Waals surface area contributed by atoms with Gasteiger partial charge in [-0.2, -0.15) is 0 Å². The fourth-order valence-electron chi connectivity index (χ4n) is 2.76. The van der Waals surface area contributed by atoms with E-state index >= 15 is 0 Å². The van der Waals surface area contributed by atoms with Crippen molar-refractivity contribution in [3.63, 3.8) is 0 Å². The lowest BCUT2D eigenvalue weighted by Crippen LogP contribution is -2.38. The van der Waals surface area contributed by atoms with Crippen LogP contribution in [0.1, 0.15) is 29.3 Å². The Kier molecular flexibility index (Phi) is 12.6. The Morgan fingerprint density at radius 3 is 2.55 bits per heavy atom. The van der Waals surface area contributed by atoms with Crippen molar-refractivity contribution >= 4 is 35.8 Å². The number of halogens is 2. The van der Waals surface area contributed by atoms with Crippen molar-refractivity contribution in [3.05, 3.63) is 65.5 Å². The quantitative estimate of drug-likeness (QED) is 0.208. The molecule has 0 bridgehead atoms. The van der Waals surface area contributed by atoms with Crippen LogP contribution < -0.4 is 15.4 Å². The van der Waals surface area contributed by atoms with Gasteiger partial charge >= 0.3 is 0 Å². The van der Waals surface area contributed by atoms with Gasteiger partial charge in [-0.05, 0) is 55.3 Å². The van der Waals surface area contributed by atoms with Crippen LogP contribution in [0.4, 0.5) is 4.39 Å². The van der Waals surface area contributed by atoms with Crippen molar-refractivity contribution in [2.45, 2.75) is 19.8 Å². The van der Waals surface area contributed by atoms with Crippen LogP contribution in [-0.4, -0.2) is 57.1 Å². The molecule has 0 saturated heterocycles. The molecule has 0 atom stereocenters. The highest BCUT2D eigenvalue weighted by Gasteiger charge is 2.08. The number of amides is 1. The van der Waals surface area contributed by atoms with Crippen LogP contribution in [0.25, 0.3) is 0 Å². The zero-order valence-electron chi connectivity index (χ0n) is 18.4. The highest BCUT2D eigenvalue weighted by Crippen LogP contribution is 2.11. The molecule has 0 aliphatic rings. The average molecular weight is 542 g/mol. The van der Waals surface area contributed by atoms with Crippen LogP contribution in [0.15, 0.2) is 53.5 Å². The summed E-state index contributed by atoms with van der Waals surface area (Å²) in [5.74, 6) is 1.13. The first-order valence-electron chi connectivity index (χ1n) is 10.2. The Hall–Kier alpha value is -2.36. The van der Waals surface area contributed by atoms with Gasteiger partial charge in [0.15, 0.2) is 5.96 Å². The van der Waals surface area contributed by atoms with E-state index in [2.05, 4.69) is 15.6 Å². The highest BCUT2D eigenvalue weighted by molar-refractivity contribution is 14.0. The van der Waals surface area contributed by atoms with Gasteiger partial charge < -0.3 is 20.3 Å². The lowest BCUT2D eigenvalue weighted by atomic mass is 10.1. The number of hydrogen-bond donors (Lipinski definition) is 2. The van der Waals surface area contributed by atoms with E-state index in [1.54, 1.807) is 31.1 Å². The van der Waals surface area contributed by atoms with Gasteiger partial charge in [0.05, 0.1) is 6.61 Å². The molecule has 0 saturated carbocycles. The zero-order valence-corrected chi connectivity index (χ0v) is 20.7. The Bertz CT molecular complexity index is 829. The monoisotopic (exact) mass is 542 g/mol. The van der Waals surface area contributed by atoms with Gasteiger partial charge in [-0.15, -0.1) is 24.0 Å². The zero-order chi connectivity index (χ0) is 21.8. The molecule has 0 radical (unpaired) electrons. The third-order valence-corrected chi connectivity index (χ3v) is 4.29. The second-order valence-electron chi connectivity index (χ2n) is 6.99. The van der Waals surface area contributed by atoms with E-state index in [4.69, 9.17) is 4.74 Å². The normalized spacial score (nSPS) is 10.8. The summed E-state index contributed by atoms with van der Waals surface area (Å²) < 4.78 is 18.5. The molecule has 170 valence electrons. The summed E-state index contributed by atoms with van der Waals surface area (Å²) in [4.78, 5) is 18.2. The number of benzene rings is 2. The van der Waals surface area contributed by atoms with Gasteiger partial charge in [0.1, 0.15) is 11.6 Å². The first-order chi connectivity index (χ1) is 14.5. The van der Waals surface area contributed by atoms with Crippen LogP contribution in [0.5, 0.6) is 5.75 Å². The Labute approximate surface area is 201 Å². The van der Waals surface area contributed by atoms with Gasteiger partial charge in [-0.3, -0.25) is 9.79 Å². The van der Waals surface area contributed by atoms with Gasteiger partial charge in [-0.1, -0.05) is 12.1 Å². The molecule has 0 aromatic heterocycles. The van der Waals surface area contributed by atoms with E-state index in [9.17, 15) is 9.18 Å². The molecule has 0 aliphatic heterocycles. The fourth-order valence-corrected chi connectivity index (χ4v) is 2.76. The first kappa shape index (κ1) is 26.7. The summed E-state index contributed by atoms with van der Waals surface area (Å²) in [6, 6.07) is 13.7.